The first-order valence-corrected chi connectivity index (χ1v) is 23.4. The van der Waals surface area contributed by atoms with Crippen molar-refractivity contribution in [1.29, 1.82) is 0 Å². The molecule has 4 unspecified atom stereocenters. The van der Waals surface area contributed by atoms with E-state index in [1.807, 2.05) is 11.8 Å². The number of ether oxygens (including phenoxy) is 1. The van der Waals surface area contributed by atoms with E-state index in [2.05, 4.69) is 206 Å². The van der Waals surface area contributed by atoms with E-state index >= 15 is 0 Å². The zero-order valence-electron chi connectivity index (χ0n) is 35.1. The van der Waals surface area contributed by atoms with Crippen molar-refractivity contribution in [2.75, 3.05) is 4.90 Å². The molecule has 0 spiro atoms. The van der Waals surface area contributed by atoms with E-state index < -0.39 is 0 Å². The molecule has 7 aromatic rings. The predicted molar refractivity (Wildman–Crippen MR) is 261 cm³/mol. The molecule has 12 rings (SSSR count). The molecule has 3 heteroatoms. The van der Waals surface area contributed by atoms with Crippen LogP contribution in [0.2, 0.25) is 0 Å². The van der Waals surface area contributed by atoms with Crippen LogP contribution in [0.3, 0.4) is 0 Å². The lowest BCUT2D eigenvalue weighted by Crippen LogP contribution is -2.33. The van der Waals surface area contributed by atoms with Crippen molar-refractivity contribution in [2.45, 2.75) is 72.5 Å². The van der Waals surface area contributed by atoms with Crippen molar-refractivity contribution in [3.05, 3.63) is 222 Å². The summed E-state index contributed by atoms with van der Waals surface area (Å²) in [5, 5.41) is 3.09. The molecule has 0 amide bonds. The van der Waals surface area contributed by atoms with Crippen molar-refractivity contribution in [1.82, 2.24) is 0 Å². The van der Waals surface area contributed by atoms with E-state index in [1.54, 1.807) is 0 Å². The summed E-state index contributed by atoms with van der Waals surface area (Å²) in [6.45, 7) is 2.31. The minimum absolute atomic E-state index is 0.0187. The second kappa shape index (κ2) is 15.3. The third-order valence-electron chi connectivity index (χ3n) is 14.3. The van der Waals surface area contributed by atoms with Crippen LogP contribution in [0.4, 0.5) is 17.1 Å². The molecular weight excluding hydrogens is 771 g/mol. The highest BCUT2D eigenvalue weighted by Crippen LogP contribution is 2.54. The number of rotatable bonds is 7. The number of allylic oxidation sites excluding steroid dienone is 5. The van der Waals surface area contributed by atoms with Gasteiger partial charge in [0, 0.05) is 38.6 Å². The average molecular weight is 820 g/mol. The maximum atomic E-state index is 6.45. The Morgan fingerprint density at radius 2 is 1.40 bits per heavy atom. The molecule has 0 N–H and O–H groups in total. The molecular formula is C59H49NOS. The van der Waals surface area contributed by atoms with Gasteiger partial charge in [0.25, 0.3) is 0 Å². The maximum Gasteiger partial charge on any atom is 0.130 e. The quantitative estimate of drug-likeness (QED) is 0.159. The number of fused-ring (bicyclic) bond motifs is 7. The molecule has 1 saturated carbocycles. The molecule has 0 bridgehead atoms. The Kier molecular flexibility index (Phi) is 9.22. The van der Waals surface area contributed by atoms with Crippen LogP contribution in [0.5, 0.6) is 5.75 Å². The van der Waals surface area contributed by atoms with Gasteiger partial charge in [0.05, 0.1) is 11.1 Å². The highest BCUT2D eigenvalue weighted by molar-refractivity contribution is 8.00. The van der Waals surface area contributed by atoms with Crippen LogP contribution >= 0.6 is 11.8 Å². The standard InChI is InChI=1S/C59H49NOS/c1-59-38-43(33-36-56(59)61-54-29-9-7-27-52(54)59)42-19-11-20-45(37-42)60(44-34-31-40(32-35-44)47-24-14-26-51-49-22-6-10-30-55(49)62-58(47)51)53-28-8-5-21-48(53)50-25-13-18-41-17-12-23-46(57(41)50)39-15-3-2-4-16-39/h5-14,17-39,51,56,58H,2-4,15-16H2,1H3. The highest BCUT2D eigenvalue weighted by atomic mass is 32.2. The number of benzene rings is 7. The monoisotopic (exact) mass is 819 g/mol. The van der Waals surface area contributed by atoms with E-state index in [1.165, 1.54) is 104 Å². The average Bonchev–Trinajstić information content (AvgIpc) is 3.87. The number of hydrogen-bond donors (Lipinski definition) is 0. The number of thioether (sulfide) groups is 1. The van der Waals surface area contributed by atoms with Crippen LogP contribution < -0.4 is 9.64 Å². The molecule has 1 fully saturated rings. The molecule has 2 heterocycles. The molecule has 2 aliphatic heterocycles. The SMILES string of the molecule is CC12C=C(c3cccc(N(c4ccc(C5=CC=CC6c7ccccc7SC56)cc4)c4ccccc4-c4cccc5cccc(C6CCCCC6)c45)c3)C=CC1Oc1ccccc12. The molecule has 4 atom stereocenters. The first-order chi connectivity index (χ1) is 30.6. The summed E-state index contributed by atoms with van der Waals surface area (Å²) < 4.78 is 6.45. The summed E-state index contributed by atoms with van der Waals surface area (Å²) in [5.41, 5.74) is 15.0. The van der Waals surface area contributed by atoms with Gasteiger partial charge >= 0.3 is 0 Å². The fraction of sp³-hybridized carbons (Fsp3) is 0.186. The minimum atomic E-state index is -0.246. The Balaban J connectivity index is 0.993. The van der Waals surface area contributed by atoms with Crippen LogP contribution in [-0.4, -0.2) is 11.4 Å². The van der Waals surface area contributed by atoms with E-state index in [0.717, 1.165) is 17.1 Å². The lowest BCUT2D eigenvalue weighted by Gasteiger charge is -2.31. The van der Waals surface area contributed by atoms with Gasteiger partial charge in [-0.3, -0.25) is 0 Å². The van der Waals surface area contributed by atoms with Crippen molar-refractivity contribution in [3.8, 4) is 16.9 Å². The van der Waals surface area contributed by atoms with Crippen molar-refractivity contribution in [3.63, 3.8) is 0 Å². The highest BCUT2D eigenvalue weighted by Gasteiger charge is 2.44. The smallest absolute Gasteiger partial charge is 0.130 e. The fourth-order valence-corrected chi connectivity index (χ4v) is 12.7. The van der Waals surface area contributed by atoms with Gasteiger partial charge < -0.3 is 9.64 Å². The van der Waals surface area contributed by atoms with Crippen LogP contribution in [0.1, 0.15) is 78.7 Å². The third kappa shape index (κ3) is 6.23. The third-order valence-corrected chi connectivity index (χ3v) is 15.7. The van der Waals surface area contributed by atoms with E-state index in [9.17, 15) is 0 Å². The fourth-order valence-electron chi connectivity index (χ4n) is 11.2. The summed E-state index contributed by atoms with van der Waals surface area (Å²) in [6, 6.07) is 59.0. The lowest BCUT2D eigenvalue weighted by atomic mass is 9.74. The van der Waals surface area contributed by atoms with Crippen molar-refractivity contribution in [2.24, 2.45) is 0 Å². The number of hydrogen-bond acceptors (Lipinski definition) is 3. The van der Waals surface area contributed by atoms with Crippen LogP contribution in [0, 0.1) is 0 Å². The van der Waals surface area contributed by atoms with Crippen LogP contribution in [0.25, 0.3) is 33.0 Å². The van der Waals surface area contributed by atoms with Gasteiger partial charge in [0.2, 0.25) is 0 Å². The molecule has 2 nitrogen and oxygen atoms in total. The lowest BCUT2D eigenvalue weighted by molar-refractivity contribution is 0.228. The molecule has 7 aromatic carbocycles. The molecule has 3 aliphatic carbocycles. The Hall–Kier alpha value is -6.29. The van der Waals surface area contributed by atoms with Crippen LogP contribution in [-0.2, 0) is 5.41 Å². The largest absolute Gasteiger partial charge is 0.485 e. The van der Waals surface area contributed by atoms with Gasteiger partial charge in [0.1, 0.15) is 11.9 Å². The van der Waals surface area contributed by atoms with Gasteiger partial charge in [-0.15, -0.1) is 11.8 Å². The van der Waals surface area contributed by atoms with Crippen molar-refractivity contribution >= 4 is 50.7 Å². The number of para-hydroxylation sites is 2. The van der Waals surface area contributed by atoms with Gasteiger partial charge in [0.15, 0.2) is 0 Å². The first-order valence-electron chi connectivity index (χ1n) is 22.5. The minimum Gasteiger partial charge on any atom is -0.485 e. The van der Waals surface area contributed by atoms with Crippen LogP contribution in [0.15, 0.2) is 199 Å². The maximum absolute atomic E-state index is 6.45. The normalized spacial score (nSPS) is 22.2. The summed E-state index contributed by atoms with van der Waals surface area (Å²) in [6.07, 6.45) is 20.4. The summed E-state index contributed by atoms with van der Waals surface area (Å²) >= 11 is 2.01. The molecule has 302 valence electrons. The van der Waals surface area contributed by atoms with Gasteiger partial charge in [-0.05, 0) is 124 Å². The van der Waals surface area contributed by atoms with E-state index in [4.69, 9.17) is 4.74 Å². The molecule has 0 radical (unpaired) electrons. The zero-order chi connectivity index (χ0) is 41.2. The van der Waals surface area contributed by atoms with E-state index in [-0.39, 0.29) is 11.5 Å². The Morgan fingerprint density at radius 1 is 0.645 bits per heavy atom. The molecule has 0 saturated heterocycles. The predicted octanol–water partition coefficient (Wildman–Crippen LogP) is 15.9. The Bertz CT molecular complexity index is 3000. The second-order valence-electron chi connectivity index (χ2n) is 17.9. The van der Waals surface area contributed by atoms with Gasteiger partial charge in [-0.25, -0.2) is 0 Å². The van der Waals surface area contributed by atoms with E-state index in [0.29, 0.717) is 17.1 Å². The molecule has 62 heavy (non-hydrogen) atoms. The van der Waals surface area contributed by atoms with Crippen molar-refractivity contribution < 1.29 is 4.74 Å². The zero-order valence-corrected chi connectivity index (χ0v) is 35.9. The molecule has 0 aromatic heterocycles. The van der Waals surface area contributed by atoms with Gasteiger partial charge in [-0.1, -0.05) is 165 Å². The summed E-state index contributed by atoms with van der Waals surface area (Å²) in [5.74, 6) is 1.96. The topological polar surface area (TPSA) is 12.5 Å². The first kappa shape index (κ1) is 37.5. The summed E-state index contributed by atoms with van der Waals surface area (Å²) in [7, 11) is 0. The second-order valence-corrected chi connectivity index (χ2v) is 19.1. The Labute approximate surface area is 370 Å². The number of nitrogens with zero attached hydrogens (tertiary/aromatic N) is 1. The Morgan fingerprint density at radius 3 is 2.31 bits per heavy atom. The molecule has 5 aliphatic rings. The summed E-state index contributed by atoms with van der Waals surface area (Å²) in [4.78, 5) is 3.89. The van der Waals surface area contributed by atoms with Gasteiger partial charge in [-0.2, -0.15) is 0 Å². The number of anilines is 3.